The lowest BCUT2D eigenvalue weighted by atomic mass is 9.88. The standard InChI is InChI=1S/C15H19BrN6O/c1-9(23)18-13-3-2-11(16)8-12(13)10-4-6-22(7-5-10)15-19-14(17)20-21-15/h2-3,8,10H,4-7H2,1H3,(H,18,23)(H3,17,19,20,21). The molecule has 1 aliphatic rings. The molecule has 122 valence electrons. The van der Waals surface area contributed by atoms with Crippen molar-refractivity contribution in [3.8, 4) is 0 Å². The van der Waals surface area contributed by atoms with Gasteiger partial charge >= 0.3 is 0 Å². The number of carbonyl (C=O) groups excluding carboxylic acids is 1. The number of piperidine rings is 1. The van der Waals surface area contributed by atoms with Crippen LogP contribution in [0.3, 0.4) is 0 Å². The van der Waals surface area contributed by atoms with E-state index in [0.29, 0.717) is 17.8 Å². The maximum absolute atomic E-state index is 11.4. The number of nitrogens with one attached hydrogen (secondary N) is 2. The maximum atomic E-state index is 11.4. The summed E-state index contributed by atoms with van der Waals surface area (Å²) >= 11 is 3.52. The van der Waals surface area contributed by atoms with Crippen molar-refractivity contribution in [2.24, 2.45) is 0 Å². The number of rotatable bonds is 3. The molecule has 7 nitrogen and oxygen atoms in total. The summed E-state index contributed by atoms with van der Waals surface area (Å²) in [6.07, 6.45) is 1.94. The first-order chi connectivity index (χ1) is 11.0. The van der Waals surface area contributed by atoms with Gasteiger partial charge in [0, 0.05) is 30.2 Å². The topological polar surface area (TPSA) is 99.9 Å². The summed E-state index contributed by atoms with van der Waals surface area (Å²) in [4.78, 5) is 17.7. The van der Waals surface area contributed by atoms with Crippen molar-refractivity contribution in [3.05, 3.63) is 28.2 Å². The Kier molecular flexibility index (Phi) is 4.51. The molecule has 0 unspecified atom stereocenters. The highest BCUT2D eigenvalue weighted by Gasteiger charge is 2.25. The molecule has 0 atom stereocenters. The number of nitrogen functional groups attached to an aromatic ring is 1. The highest BCUT2D eigenvalue weighted by Crippen LogP contribution is 2.35. The number of nitrogens with zero attached hydrogens (tertiary/aromatic N) is 3. The second-order valence-corrected chi connectivity index (χ2v) is 6.61. The number of amides is 1. The van der Waals surface area contributed by atoms with Crippen molar-refractivity contribution in [1.29, 1.82) is 0 Å². The fourth-order valence-corrected chi connectivity index (χ4v) is 3.35. The smallest absolute Gasteiger partial charge is 0.246 e. The SMILES string of the molecule is CC(=O)Nc1ccc(Br)cc1C1CCN(c2n[nH]c(N)n2)CC1. The minimum atomic E-state index is -0.0535. The molecule has 23 heavy (non-hydrogen) atoms. The minimum absolute atomic E-state index is 0.0535. The van der Waals surface area contributed by atoms with Crippen LogP contribution in [-0.2, 0) is 4.79 Å². The monoisotopic (exact) mass is 378 g/mol. The molecule has 1 saturated heterocycles. The van der Waals surface area contributed by atoms with Gasteiger partial charge in [-0.1, -0.05) is 15.9 Å². The van der Waals surface area contributed by atoms with Crippen LogP contribution in [0, 0.1) is 0 Å². The van der Waals surface area contributed by atoms with Crippen LogP contribution in [0.15, 0.2) is 22.7 Å². The van der Waals surface area contributed by atoms with Gasteiger partial charge in [-0.15, -0.1) is 5.10 Å². The van der Waals surface area contributed by atoms with E-state index in [2.05, 4.69) is 47.4 Å². The zero-order valence-corrected chi connectivity index (χ0v) is 14.4. The molecule has 1 aromatic heterocycles. The second kappa shape index (κ2) is 6.57. The molecule has 0 aliphatic carbocycles. The largest absolute Gasteiger partial charge is 0.368 e. The Morgan fingerprint density at radius 3 is 2.78 bits per heavy atom. The van der Waals surface area contributed by atoms with Crippen molar-refractivity contribution in [2.75, 3.05) is 29.0 Å². The van der Waals surface area contributed by atoms with Gasteiger partial charge in [0.2, 0.25) is 17.8 Å². The molecule has 1 fully saturated rings. The summed E-state index contributed by atoms with van der Waals surface area (Å²) in [7, 11) is 0. The van der Waals surface area contributed by atoms with E-state index in [1.165, 1.54) is 12.5 Å². The molecular formula is C15H19BrN6O. The number of aromatic amines is 1. The predicted octanol–water partition coefficient (Wildman–Crippen LogP) is 2.49. The highest BCUT2D eigenvalue weighted by molar-refractivity contribution is 9.10. The number of hydrogen-bond acceptors (Lipinski definition) is 5. The van der Waals surface area contributed by atoms with Crippen LogP contribution in [0.4, 0.5) is 17.6 Å². The molecule has 4 N–H and O–H groups in total. The number of nitrogens with two attached hydrogens (primary N) is 1. The quantitative estimate of drug-likeness (QED) is 0.761. The summed E-state index contributed by atoms with van der Waals surface area (Å²) in [5.74, 6) is 1.32. The van der Waals surface area contributed by atoms with Crippen molar-refractivity contribution in [3.63, 3.8) is 0 Å². The number of halogens is 1. The average Bonchev–Trinajstić information content (AvgIpc) is 2.95. The van der Waals surface area contributed by atoms with Crippen molar-refractivity contribution in [2.45, 2.75) is 25.7 Å². The first kappa shape index (κ1) is 15.8. The van der Waals surface area contributed by atoms with Gasteiger partial charge in [0.1, 0.15) is 0 Å². The number of hydrogen-bond donors (Lipinski definition) is 3. The number of aromatic nitrogens is 3. The first-order valence-corrected chi connectivity index (χ1v) is 8.32. The number of anilines is 3. The third kappa shape index (κ3) is 3.64. The van der Waals surface area contributed by atoms with E-state index in [9.17, 15) is 4.79 Å². The van der Waals surface area contributed by atoms with Crippen molar-refractivity contribution < 1.29 is 4.79 Å². The molecular weight excluding hydrogens is 360 g/mol. The Morgan fingerprint density at radius 1 is 1.43 bits per heavy atom. The second-order valence-electron chi connectivity index (χ2n) is 5.69. The summed E-state index contributed by atoms with van der Waals surface area (Å²) in [6.45, 7) is 3.24. The van der Waals surface area contributed by atoms with Gasteiger partial charge in [0.15, 0.2) is 0 Å². The number of H-pyrrole nitrogens is 1. The van der Waals surface area contributed by atoms with Crippen LogP contribution in [0.2, 0.25) is 0 Å². The van der Waals surface area contributed by atoms with Crippen molar-refractivity contribution in [1.82, 2.24) is 15.2 Å². The van der Waals surface area contributed by atoms with E-state index in [1.807, 2.05) is 12.1 Å². The minimum Gasteiger partial charge on any atom is -0.368 e. The summed E-state index contributed by atoms with van der Waals surface area (Å²) in [5.41, 5.74) is 7.65. The van der Waals surface area contributed by atoms with E-state index in [1.54, 1.807) is 0 Å². The zero-order valence-electron chi connectivity index (χ0n) is 12.8. The molecule has 1 aromatic carbocycles. The summed E-state index contributed by atoms with van der Waals surface area (Å²) < 4.78 is 1.02. The lowest BCUT2D eigenvalue weighted by Crippen LogP contribution is -2.34. The van der Waals surface area contributed by atoms with Gasteiger partial charge in [-0.3, -0.25) is 4.79 Å². The fraction of sp³-hybridized carbons (Fsp3) is 0.400. The van der Waals surface area contributed by atoms with E-state index in [0.717, 1.165) is 36.1 Å². The Balaban J connectivity index is 1.74. The molecule has 2 heterocycles. The molecule has 1 aliphatic heterocycles. The molecule has 1 amide bonds. The molecule has 3 rings (SSSR count). The van der Waals surface area contributed by atoms with Gasteiger partial charge in [0.05, 0.1) is 0 Å². The molecule has 0 saturated carbocycles. The van der Waals surface area contributed by atoms with E-state index >= 15 is 0 Å². The fourth-order valence-electron chi connectivity index (χ4n) is 2.97. The van der Waals surface area contributed by atoms with Gasteiger partial charge in [0.25, 0.3) is 0 Å². The third-order valence-electron chi connectivity index (χ3n) is 4.03. The van der Waals surface area contributed by atoms with Crippen LogP contribution in [0.25, 0.3) is 0 Å². The van der Waals surface area contributed by atoms with Crippen molar-refractivity contribution >= 4 is 39.4 Å². The van der Waals surface area contributed by atoms with Crippen LogP contribution in [0.5, 0.6) is 0 Å². The van der Waals surface area contributed by atoms with E-state index in [-0.39, 0.29) is 5.91 Å². The Morgan fingerprint density at radius 2 is 2.17 bits per heavy atom. The maximum Gasteiger partial charge on any atom is 0.246 e. The molecule has 0 radical (unpaired) electrons. The highest BCUT2D eigenvalue weighted by atomic mass is 79.9. The summed E-state index contributed by atoms with van der Waals surface area (Å²) in [6, 6.07) is 5.99. The van der Waals surface area contributed by atoms with Gasteiger partial charge in [-0.25, -0.2) is 5.10 Å². The van der Waals surface area contributed by atoms with Crippen LogP contribution < -0.4 is 16.0 Å². The molecule has 0 bridgehead atoms. The molecule has 2 aromatic rings. The lowest BCUT2D eigenvalue weighted by molar-refractivity contribution is -0.114. The van der Waals surface area contributed by atoms with Gasteiger partial charge in [-0.05, 0) is 42.5 Å². The number of benzene rings is 1. The zero-order chi connectivity index (χ0) is 16.4. The Hall–Kier alpha value is -2.09. The first-order valence-electron chi connectivity index (χ1n) is 7.53. The van der Waals surface area contributed by atoms with E-state index in [4.69, 9.17) is 5.73 Å². The Labute approximate surface area is 142 Å². The molecule has 0 spiro atoms. The summed E-state index contributed by atoms with van der Waals surface area (Å²) in [5, 5.41) is 9.70. The van der Waals surface area contributed by atoms with Gasteiger partial charge < -0.3 is 16.0 Å². The van der Waals surface area contributed by atoms with E-state index < -0.39 is 0 Å². The molecule has 8 heteroatoms. The predicted molar refractivity (Wildman–Crippen MR) is 93.4 cm³/mol. The van der Waals surface area contributed by atoms with Gasteiger partial charge in [-0.2, -0.15) is 4.98 Å². The third-order valence-corrected chi connectivity index (χ3v) is 4.53. The van der Waals surface area contributed by atoms with Crippen LogP contribution in [0.1, 0.15) is 31.2 Å². The average molecular weight is 379 g/mol. The lowest BCUT2D eigenvalue weighted by Gasteiger charge is -2.32. The Bertz CT molecular complexity index is 708. The normalized spacial score (nSPS) is 15.7. The van der Waals surface area contributed by atoms with Crippen LogP contribution >= 0.6 is 15.9 Å². The number of carbonyl (C=O) groups is 1. The van der Waals surface area contributed by atoms with Crippen LogP contribution in [-0.4, -0.2) is 34.2 Å².